The number of nitrogens with zero attached hydrogens (tertiary/aromatic N) is 3. The van der Waals surface area contributed by atoms with Gasteiger partial charge in [-0.15, -0.1) is 0 Å². The highest BCUT2D eigenvalue weighted by Gasteiger charge is 2.20. The lowest BCUT2D eigenvalue weighted by Gasteiger charge is -2.32. The third kappa shape index (κ3) is 6.12. The third-order valence-corrected chi connectivity index (χ3v) is 6.38. The Morgan fingerprint density at radius 1 is 1.14 bits per heavy atom. The number of carbonyl (C=O) groups excluding carboxylic acids is 1. The number of benzene rings is 2. The van der Waals surface area contributed by atoms with Crippen molar-refractivity contribution < 1.29 is 14.3 Å². The second-order valence-electron chi connectivity index (χ2n) is 9.14. The van der Waals surface area contributed by atoms with Gasteiger partial charge in [-0.1, -0.05) is 12.1 Å². The number of primary amides is 1. The predicted octanol–water partition coefficient (Wildman–Crippen LogP) is 4.55. The first-order chi connectivity index (χ1) is 17.3. The third-order valence-electron chi connectivity index (χ3n) is 6.38. The average Bonchev–Trinajstić information content (AvgIpc) is 2.87. The summed E-state index contributed by atoms with van der Waals surface area (Å²) in [7, 11) is 1.59. The molecule has 1 aliphatic heterocycles. The minimum absolute atomic E-state index is 0.282. The number of carbonyl (C=O) groups is 1. The summed E-state index contributed by atoms with van der Waals surface area (Å²) in [5.41, 5.74) is 9.43. The zero-order chi connectivity index (χ0) is 25.7. The lowest BCUT2D eigenvalue weighted by Crippen LogP contribution is -2.38. The maximum atomic E-state index is 11.3. The van der Waals surface area contributed by atoms with Crippen molar-refractivity contribution in [2.75, 3.05) is 25.5 Å². The van der Waals surface area contributed by atoms with Gasteiger partial charge in [-0.2, -0.15) is 10.2 Å². The number of nitrogens with two attached hydrogens (primary N) is 1. The number of ether oxygens (including phenoxy) is 2. The highest BCUT2D eigenvalue weighted by Crippen LogP contribution is 2.33. The van der Waals surface area contributed by atoms with E-state index in [1.807, 2.05) is 44.2 Å². The van der Waals surface area contributed by atoms with Crippen LogP contribution in [0.1, 0.15) is 45.5 Å². The molecule has 2 aromatic carbocycles. The van der Waals surface area contributed by atoms with Crippen LogP contribution in [0.15, 0.2) is 48.5 Å². The minimum atomic E-state index is -0.407. The second-order valence-corrected chi connectivity index (χ2v) is 9.14. The van der Waals surface area contributed by atoms with Gasteiger partial charge in [-0.3, -0.25) is 9.69 Å². The van der Waals surface area contributed by atoms with Crippen LogP contribution in [-0.4, -0.2) is 42.0 Å². The summed E-state index contributed by atoms with van der Waals surface area (Å²) < 4.78 is 11.6. The van der Waals surface area contributed by atoms with Gasteiger partial charge in [0.15, 0.2) is 0 Å². The number of nitrogens with one attached hydrogen (secondary N) is 1. The Balaban J connectivity index is 1.38. The molecule has 8 heteroatoms. The van der Waals surface area contributed by atoms with Crippen LogP contribution in [0.5, 0.6) is 17.4 Å². The second kappa shape index (κ2) is 11.1. The molecule has 1 aromatic heterocycles. The molecule has 186 valence electrons. The van der Waals surface area contributed by atoms with Crippen LogP contribution in [0.2, 0.25) is 0 Å². The van der Waals surface area contributed by atoms with E-state index >= 15 is 0 Å². The lowest BCUT2D eigenvalue weighted by molar-refractivity contribution is 0.1000. The highest BCUT2D eigenvalue weighted by molar-refractivity contribution is 5.92. The Kier molecular flexibility index (Phi) is 7.71. The number of nitriles is 1. The molecule has 4 rings (SSSR count). The molecular weight excluding hydrogens is 454 g/mol. The van der Waals surface area contributed by atoms with Gasteiger partial charge in [0, 0.05) is 43.4 Å². The first-order valence-corrected chi connectivity index (χ1v) is 12.0. The van der Waals surface area contributed by atoms with Crippen molar-refractivity contribution in [3.63, 3.8) is 0 Å². The number of hydrogen-bond acceptors (Lipinski definition) is 7. The van der Waals surface area contributed by atoms with Crippen molar-refractivity contribution in [1.29, 1.82) is 5.26 Å². The zero-order valence-corrected chi connectivity index (χ0v) is 20.9. The average molecular weight is 486 g/mol. The molecule has 1 saturated heterocycles. The first kappa shape index (κ1) is 25.0. The largest absolute Gasteiger partial charge is 0.481 e. The summed E-state index contributed by atoms with van der Waals surface area (Å²) in [5.74, 6) is 2.11. The summed E-state index contributed by atoms with van der Waals surface area (Å²) in [4.78, 5) is 18.2. The first-order valence-electron chi connectivity index (χ1n) is 12.0. The number of aromatic nitrogens is 1. The van der Waals surface area contributed by atoms with E-state index in [-0.39, 0.29) is 6.04 Å². The molecule has 3 N–H and O–H groups in total. The fourth-order valence-electron chi connectivity index (χ4n) is 4.49. The van der Waals surface area contributed by atoms with Crippen LogP contribution in [-0.2, 0) is 6.54 Å². The Morgan fingerprint density at radius 3 is 2.39 bits per heavy atom. The Hall–Kier alpha value is -4.09. The smallest absolute Gasteiger partial charge is 0.248 e. The molecule has 0 saturated carbocycles. The van der Waals surface area contributed by atoms with Crippen LogP contribution in [0, 0.1) is 25.2 Å². The normalized spacial score (nSPS) is 14.2. The summed E-state index contributed by atoms with van der Waals surface area (Å²) in [6.45, 7) is 6.60. The van der Waals surface area contributed by atoms with Gasteiger partial charge in [0.2, 0.25) is 11.8 Å². The molecule has 0 radical (unpaired) electrons. The molecule has 0 unspecified atom stereocenters. The van der Waals surface area contributed by atoms with Crippen LogP contribution in [0.4, 0.5) is 5.82 Å². The number of pyridine rings is 1. The van der Waals surface area contributed by atoms with Crippen LogP contribution >= 0.6 is 0 Å². The number of rotatable bonds is 8. The standard InChI is InChI=1S/C28H31N5O3/c1-18-12-21(16-29)13-19(2)27(18)36-24-14-25(32-26(15-24)35-3)31-23-8-10-33(11-9-23)17-20-4-6-22(7-5-20)28(30)34/h4-7,12-15,23H,8-11,17H2,1-3H3,(H2,30,34)(H,31,32). The van der Waals surface area contributed by atoms with Gasteiger partial charge in [-0.25, -0.2) is 0 Å². The van der Waals surface area contributed by atoms with Gasteiger partial charge < -0.3 is 20.5 Å². The van der Waals surface area contributed by atoms with E-state index in [1.165, 1.54) is 0 Å². The SMILES string of the molecule is COc1cc(Oc2c(C)cc(C#N)cc2C)cc(NC2CCN(Cc3ccc(C(N)=O)cc3)CC2)n1. The Bertz CT molecular complexity index is 1250. The summed E-state index contributed by atoms with van der Waals surface area (Å²) in [6, 6.07) is 17.2. The van der Waals surface area contributed by atoms with Gasteiger partial charge >= 0.3 is 0 Å². The number of hydrogen-bond donors (Lipinski definition) is 2. The maximum Gasteiger partial charge on any atom is 0.248 e. The molecule has 36 heavy (non-hydrogen) atoms. The molecular formula is C28H31N5O3. The van der Waals surface area contributed by atoms with Crippen LogP contribution in [0.25, 0.3) is 0 Å². The number of piperidine rings is 1. The molecule has 0 aliphatic carbocycles. The summed E-state index contributed by atoms with van der Waals surface area (Å²) in [5, 5.41) is 12.7. The lowest BCUT2D eigenvalue weighted by atomic mass is 10.0. The quantitative estimate of drug-likeness (QED) is 0.481. The fraction of sp³-hybridized carbons (Fsp3) is 0.321. The zero-order valence-electron chi connectivity index (χ0n) is 20.9. The van der Waals surface area contributed by atoms with Crippen molar-refractivity contribution in [3.8, 4) is 23.4 Å². The van der Waals surface area contributed by atoms with E-state index in [9.17, 15) is 10.1 Å². The summed E-state index contributed by atoms with van der Waals surface area (Å²) >= 11 is 0. The van der Waals surface area contributed by atoms with Crippen molar-refractivity contribution in [3.05, 3.63) is 76.3 Å². The molecule has 1 amide bonds. The number of methoxy groups -OCH3 is 1. The Morgan fingerprint density at radius 2 is 1.81 bits per heavy atom. The van der Waals surface area contributed by atoms with E-state index in [1.54, 1.807) is 25.3 Å². The predicted molar refractivity (Wildman–Crippen MR) is 138 cm³/mol. The van der Waals surface area contributed by atoms with Crippen molar-refractivity contribution >= 4 is 11.7 Å². The minimum Gasteiger partial charge on any atom is -0.481 e. The molecule has 0 bridgehead atoms. The molecule has 3 aromatic rings. The summed E-state index contributed by atoms with van der Waals surface area (Å²) in [6.07, 6.45) is 1.95. The van der Waals surface area contributed by atoms with Crippen LogP contribution in [0.3, 0.4) is 0 Å². The number of anilines is 1. The Labute approximate surface area is 211 Å². The van der Waals surface area contributed by atoms with Crippen molar-refractivity contribution in [2.45, 2.75) is 39.3 Å². The van der Waals surface area contributed by atoms with Crippen molar-refractivity contribution in [2.24, 2.45) is 5.73 Å². The molecule has 8 nitrogen and oxygen atoms in total. The molecule has 1 aliphatic rings. The van der Waals surface area contributed by atoms with Crippen LogP contribution < -0.4 is 20.5 Å². The van der Waals surface area contributed by atoms with Gasteiger partial charge in [0.05, 0.1) is 18.7 Å². The maximum absolute atomic E-state index is 11.3. The number of likely N-dealkylation sites (tertiary alicyclic amines) is 1. The van der Waals surface area contributed by atoms with Gasteiger partial charge in [-0.05, 0) is 67.6 Å². The van der Waals surface area contributed by atoms with Gasteiger partial charge in [0.25, 0.3) is 0 Å². The molecule has 0 spiro atoms. The van der Waals surface area contributed by atoms with E-state index < -0.39 is 5.91 Å². The van der Waals surface area contributed by atoms with Gasteiger partial charge in [0.1, 0.15) is 17.3 Å². The highest BCUT2D eigenvalue weighted by atomic mass is 16.5. The van der Waals surface area contributed by atoms with E-state index in [0.29, 0.717) is 28.6 Å². The monoisotopic (exact) mass is 485 g/mol. The number of aryl methyl sites for hydroxylation is 2. The van der Waals surface area contributed by atoms with E-state index in [0.717, 1.165) is 54.9 Å². The van der Waals surface area contributed by atoms with E-state index in [4.69, 9.17) is 15.2 Å². The number of amides is 1. The van der Waals surface area contributed by atoms with E-state index in [2.05, 4.69) is 21.3 Å². The molecule has 0 atom stereocenters. The fourth-order valence-corrected chi connectivity index (χ4v) is 4.49. The molecule has 2 heterocycles. The molecule has 1 fully saturated rings. The van der Waals surface area contributed by atoms with Crippen molar-refractivity contribution in [1.82, 2.24) is 9.88 Å². The topological polar surface area (TPSA) is 114 Å².